The second kappa shape index (κ2) is 3.02. The largest absolute Gasteiger partial charge is 0.316 e. The average Bonchev–Trinajstić information content (AvgIpc) is 2.46. The zero-order chi connectivity index (χ0) is 8.60. The van der Waals surface area contributed by atoms with Gasteiger partial charge >= 0.3 is 0 Å². The second-order valence-electron chi connectivity index (χ2n) is 4.99. The SMILES string of the molecule is CCC(C)C1CCC2(CNC2)C1. The summed E-state index contributed by atoms with van der Waals surface area (Å²) in [4.78, 5) is 0. The fourth-order valence-electron chi connectivity index (χ4n) is 2.87. The van der Waals surface area contributed by atoms with Crippen LogP contribution in [0.1, 0.15) is 39.5 Å². The molecule has 0 radical (unpaired) electrons. The minimum atomic E-state index is 0.758. The molecule has 0 aromatic carbocycles. The highest BCUT2D eigenvalue weighted by atomic mass is 15.0. The van der Waals surface area contributed by atoms with E-state index in [1.54, 1.807) is 0 Å². The van der Waals surface area contributed by atoms with Crippen molar-refractivity contribution in [2.24, 2.45) is 17.3 Å². The Kier molecular flexibility index (Phi) is 2.16. The van der Waals surface area contributed by atoms with Gasteiger partial charge in [0.15, 0.2) is 0 Å². The van der Waals surface area contributed by atoms with Crippen LogP contribution in [0.5, 0.6) is 0 Å². The van der Waals surface area contributed by atoms with Crippen LogP contribution in [0.2, 0.25) is 0 Å². The molecule has 1 aliphatic carbocycles. The minimum absolute atomic E-state index is 0.758. The Labute approximate surface area is 75.9 Å². The monoisotopic (exact) mass is 167 g/mol. The molecule has 2 rings (SSSR count). The van der Waals surface area contributed by atoms with Crippen LogP contribution in [-0.4, -0.2) is 13.1 Å². The van der Waals surface area contributed by atoms with Gasteiger partial charge < -0.3 is 5.32 Å². The molecule has 2 atom stereocenters. The van der Waals surface area contributed by atoms with Crippen molar-refractivity contribution in [2.75, 3.05) is 13.1 Å². The molecule has 12 heavy (non-hydrogen) atoms. The third-order valence-electron chi connectivity index (χ3n) is 4.19. The summed E-state index contributed by atoms with van der Waals surface area (Å²) < 4.78 is 0. The van der Waals surface area contributed by atoms with Gasteiger partial charge in [0.1, 0.15) is 0 Å². The molecule has 2 unspecified atom stereocenters. The van der Waals surface area contributed by atoms with Crippen LogP contribution in [0.25, 0.3) is 0 Å². The standard InChI is InChI=1S/C11H21N/c1-3-9(2)10-4-5-11(6-10)7-12-8-11/h9-10,12H,3-8H2,1-2H3. The highest BCUT2D eigenvalue weighted by Crippen LogP contribution is 2.47. The first-order valence-electron chi connectivity index (χ1n) is 5.46. The summed E-state index contributed by atoms with van der Waals surface area (Å²) in [5.41, 5.74) is 0.758. The van der Waals surface area contributed by atoms with E-state index >= 15 is 0 Å². The van der Waals surface area contributed by atoms with Gasteiger partial charge in [-0.1, -0.05) is 20.3 Å². The maximum atomic E-state index is 3.42. The van der Waals surface area contributed by atoms with Gasteiger partial charge in [-0.3, -0.25) is 0 Å². The van der Waals surface area contributed by atoms with E-state index in [1.165, 1.54) is 38.8 Å². The predicted octanol–water partition coefficient (Wildman–Crippen LogP) is 2.42. The Bertz CT molecular complexity index is 160. The summed E-state index contributed by atoms with van der Waals surface area (Å²) in [6.45, 7) is 7.37. The molecule has 1 saturated carbocycles. The van der Waals surface area contributed by atoms with Crippen molar-refractivity contribution in [3.05, 3.63) is 0 Å². The van der Waals surface area contributed by atoms with Crippen LogP contribution in [0.4, 0.5) is 0 Å². The van der Waals surface area contributed by atoms with Gasteiger partial charge in [-0.2, -0.15) is 0 Å². The van der Waals surface area contributed by atoms with Crippen molar-refractivity contribution >= 4 is 0 Å². The van der Waals surface area contributed by atoms with Gasteiger partial charge in [0.25, 0.3) is 0 Å². The molecule has 1 heterocycles. The number of hydrogen-bond acceptors (Lipinski definition) is 1. The van der Waals surface area contributed by atoms with E-state index in [4.69, 9.17) is 0 Å². The average molecular weight is 167 g/mol. The van der Waals surface area contributed by atoms with Crippen molar-refractivity contribution in [2.45, 2.75) is 39.5 Å². The number of rotatable bonds is 2. The first kappa shape index (κ1) is 8.55. The zero-order valence-electron chi connectivity index (χ0n) is 8.40. The van der Waals surface area contributed by atoms with E-state index in [9.17, 15) is 0 Å². The van der Waals surface area contributed by atoms with Crippen LogP contribution < -0.4 is 5.32 Å². The lowest BCUT2D eigenvalue weighted by atomic mass is 9.78. The molecular formula is C11H21N. The van der Waals surface area contributed by atoms with E-state index in [-0.39, 0.29) is 0 Å². The molecule has 1 spiro atoms. The molecule has 0 aromatic rings. The van der Waals surface area contributed by atoms with E-state index in [1.807, 2.05) is 0 Å². The van der Waals surface area contributed by atoms with Crippen molar-refractivity contribution in [1.82, 2.24) is 5.32 Å². The van der Waals surface area contributed by atoms with Crippen LogP contribution >= 0.6 is 0 Å². The van der Waals surface area contributed by atoms with E-state index < -0.39 is 0 Å². The lowest BCUT2D eigenvalue weighted by Gasteiger charge is -2.40. The van der Waals surface area contributed by atoms with Gasteiger partial charge in [-0.15, -0.1) is 0 Å². The number of hydrogen-bond donors (Lipinski definition) is 1. The molecular weight excluding hydrogens is 146 g/mol. The summed E-state index contributed by atoms with van der Waals surface area (Å²) in [5.74, 6) is 2.00. The fourth-order valence-corrected chi connectivity index (χ4v) is 2.87. The Morgan fingerprint density at radius 3 is 2.67 bits per heavy atom. The third kappa shape index (κ3) is 1.28. The van der Waals surface area contributed by atoms with Crippen molar-refractivity contribution in [3.63, 3.8) is 0 Å². The van der Waals surface area contributed by atoms with Crippen molar-refractivity contribution in [1.29, 1.82) is 0 Å². The maximum Gasteiger partial charge on any atom is 0.00203 e. The molecule has 1 heteroatoms. The van der Waals surface area contributed by atoms with Crippen LogP contribution in [0.3, 0.4) is 0 Å². The lowest BCUT2D eigenvalue weighted by Crippen LogP contribution is -2.51. The molecule has 1 aliphatic heterocycles. The van der Waals surface area contributed by atoms with Crippen LogP contribution in [0, 0.1) is 17.3 Å². The molecule has 1 N–H and O–H groups in total. The Balaban J connectivity index is 1.89. The van der Waals surface area contributed by atoms with E-state index in [2.05, 4.69) is 19.2 Å². The van der Waals surface area contributed by atoms with Gasteiger partial charge in [0.2, 0.25) is 0 Å². The number of nitrogens with one attached hydrogen (secondary N) is 1. The Morgan fingerprint density at radius 2 is 2.25 bits per heavy atom. The van der Waals surface area contributed by atoms with E-state index in [0.717, 1.165) is 17.3 Å². The molecule has 2 fully saturated rings. The smallest absolute Gasteiger partial charge is 0.00203 e. The third-order valence-corrected chi connectivity index (χ3v) is 4.19. The molecule has 1 saturated heterocycles. The van der Waals surface area contributed by atoms with Crippen LogP contribution in [-0.2, 0) is 0 Å². The van der Waals surface area contributed by atoms with Gasteiger partial charge in [-0.25, -0.2) is 0 Å². The summed E-state index contributed by atoms with van der Waals surface area (Å²) in [6.07, 6.45) is 5.87. The van der Waals surface area contributed by atoms with E-state index in [0.29, 0.717) is 0 Å². The molecule has 70 valence electrons. The Morgan fingerprint density at radius 1 is 1.50 bits per heavy atom. The summed E-state index contributed by atoms with van der Waals surface area (Å²) in [5, 5.41) is 3.42. The normalized spacial score (nSPS) is 35.0. The minimum Gasteiger partial charge on any atom is -0.316 e. The molecule has 1 nitrogen and oxygen atoms in total. The quantitative estimate of drug-likeness (QED) is 0.666. The fraction of sp³-hybridized carbons (Fsp3) is 1.00. The second-order valence-corrected chi connectivity index (χ2v) is 4.99. The summed E-state index contributed by atoms with van der Waals surface area (Å²) >= 11 is 0. The first-order valence-corrected chi connectivity index (χ1v) is 5.46. The summed E-state index contributed by atoms with van der Waals surface area (Å²) in [7, 11) is 0. The van der Waals surface area contributed by atoms with Crippen molar-refractivity contribution in [3.8, 4) is 0 Å². The van der Waals surface area contributed by atoms with Gasteiger partial charge in [-0.05, 0) is 36.5 Å². The maximum absolute atomic E-state index is 3.42. The van der Waals surface area contributed by atoms with Gasteiger partial charge in [0.05, 0.1) is 0 Å². The first-order chi connectivity index (χ1) is 5.76. The molecule has 2 aliphatic rings. The van der Waals surface area contributed by atoms with Gasteiger partial charge in [0, 0.05) is 13.1 Å². The lowest BCUT2D eigenvalue weighted by molar-refractivity contribution is 0.162. The molecule has 0 aromatic heterocycles. The highest BCUT2D eigenvalue weighted by Gasteiger charge is 2.44. The topological polar surface area (TPSA) is 12.0 Å². The van der Waals surface area contributed by atoms with Crippen LogP contribution in [0.15, 0.2) is 0 Å². The van der Waals surface area contributed by atoms with Crippen molar-refractivity contribution < 1.29 is 0 Å². The predicted molar refractivity (Wildman–Crippen MR) is 52.1 cm³/mol. The molecule has 0 bridgehead atoms. The molecule has 0 amide bonds. The summed E-state index contributed by atoms with van der Waals surface area (Å²) in [6, 6.07) is 0. The Hall–Kier alpha value is -0.0400. The zero-order valence-corrected chi connectivity index (χ0v) is 8.40. The highest BCUT2D eigenvalue weighted by molar-refractivity contribution is 4.99.